The van der Waals surface area contributed by atoms with Gasteiger partial charge in [-0.1, -0.05) is 18.2 Å². The Hall–Kier alpha value is -4.62. The molecular weight excluding hydrogens is 535 g/mol. The maximum atomic E-state index is 14.1. The van der Waals surface area contributed by atoms with E-state index in [2.05, 4.69) is 5.10 Å². The van der Waals surface area contributed by atoms with Crippen LogP contribution in [-0.2, 0) is 7.05 Å². The number of rotatable bonds is 5. The molecule has 1 aromatic heterocycles. The number of benzene rings is 2. The minimum atomic E-state index is -3.25. The number of anilines is 1. The van der Waals surface area contributed by atoms with Crippen molar-refractivity contribution < 1.29 is 40.3 Å². The second-order valence-corrected chi connectivity index (χ2v) is 8.28. The van der Waals surface area contributed by atoms with Crippen LogP contribution in [0.3, 0.4) is 0 Å². The number of carbonyl (C=O) groups is 2. The van der Waals surface area contributed by atoms with Crippen LogP contribution in [0, 0.1) is 17.5 Å². The Morgan fingerprint density at radius 2 is 1.56 bits per heavy atom. The van der Waals surface area contributed by atoms with Crippen molar-refractivity contribution in [2.24, 2.45) is 7.05 Å². The van der Waals surface area contributed by atoms with E-state index in [9.17, 15) is 40.3 Å². The molecule has 4 rings (SSSR count). The number of carbonyl (C=O) groups excluding carboxylic acids is 2. The minimum absolute atomic E-state index is 0.208. The first kappa shape index (κ1) is 27.4. The van der Waals surface area contributed by atoms with Gasteiger partial charge in [0.1, 0.15) is 11.4 Å². The second-order valence-electron chi connectivity index (χ2n) is 8.28. The quantitative estimate of drug-likeness (QED) is 0.286. The lowest BCUT2D eigenvalue weighted by Gasteiger charge is -2.32. The number of nitrogens with zero attached hydrogens (tertiary/aromatic N) is 5. The summed E-state index contributed by atoms with van der Waals surface area (Å²) in [6.07, 6.45) is -2.48. The molecule has 0 atom stereocenters. The summed E-state index contributed by atoms with van der Waals surface area (Å²) >= 11 is 0. The summed E-state index contributed by atoms with van der Waals surface area (Å²) in [5.74, 6) is -6.33. The van der Waals surface area contributed by atoms with E-state index >= 15 is 0 Å². The molecule has 3 amide bonds. The van der Waals surface area contributed by atoms with Crippen molar-refractivity contribution in [1.29, 1.82) is 0 Å². The van der Waals surface area contributed by atoms with Gasteiger partial charge in [0, 0.05) is 44.5 Å². The third-order valence-corrected chi connectivity index (χ3v) is 5.62. The van der Waals surface area contributed by atoms with E-state index in [4.69, 9.17) is 0 Å². The fourth-order valence-corrected chi connectivity index (χ4v) is 3.89. The summed E-state index contributed by atoms with van der Waals surface area (Å²) in [5.41, 5.74) is -3.52. The predicted octanol–water partition coefficient (Wildman–Crippen LogP) is 6.03. The van der Waals surface area contributed by atoms with Crippen molar-refractivity contribution in [3.8, 4) is 11.1 Å². The number of aromatic nitrogens is 2. The van der Waals surface area contributed by atoms with Gasteiger partial charge in [-0.2, -0.15) is 5.10 Å². The van der Waals surface area contributed by atoms with Crippen LogP contribution in [0.5, 0.6) is 0 Å². The van der Waals surface area contributed by atoms with E-state index in [-0.39, 0.29) is 11.1 Å². The Balaban J connectivity index is 1.95. The van der Waals surface area contributed by atoms with E-state index in [1.807, 2.05) is 0 Å². The van der Waals surface area contributed by atoms with Crippen molar-refractivity contribution in [1.82, 2.24) is 19.6 Å². The maximum absolute atomic E-state index is 14.1. The third kappa shape index (κ3) is 5.22. The summed E-state index contributed by atoms with van der Waals surface area (Å²) in [6.45, 7) is 0. The second kappa shape index (κ2) is 10.6. The van der Waals surface area contributed by atoms with E-state index in [1.165, 1.54) is 43.4 Å². The molecule has 0 saturated heterocycles. The van der Waals surface area contributed by atoms with Crippen molar-refractivity contribution in [2.45, 2.75) is 12.9 Å². The van der Waals surface area contributed by atoms with Crippen molar-refractivity contribution in [2.75, 3.05) is 11.9 Å². The zero-order valence-corrected chi connectivity index (χ0v) is 20.1. The van der Waals surface area contributed by atoms with Crippen LogP contribution in [0.15, 0.2) is 66.9 Å². The third-order valence-electron chi connectivity index (χ3n) is 5.62. The molecule has 39 heavy (non-hydrogen) atoms. The molecule has 1 aliphatic heterocycles. The van der Waals surface area contributed by atoms with E-state index in [1.54, 1.807) is 0 Å². The number of alkyl halides is 4. The van der Waals surface area contributed by atoms with Crippen LogP contribution in [0.1, 0.15) is 22.5 Å². The van der Waals surface area contributed by atoms with Crippen LogP contribution in [0.25, 0.3) is 11.1 Å². The van der Waals surface area contributed by atoms with Gasteiger partial charge in [-0.3, -0.25) is 14.4 Å². The molecule has 0 spiro atoms. The number of imide groups is 1. The highest BCUT2D eigenvalue weighted by Gasteiger charge is 2.37. The largest absolute Gasteiger partial charge is 0.354 e. The van der Waals surface area contributed by atoms with Gasteiger partial charge < -0.3 is 4.90 Å². The fourth-order valence-electron chi connectivity index (χ4n) is 3.89. The predicted molar refractivity (Wildman–Crippen MR) is 125 cm³/mol. The summed E-state index contributed by atoms with van der Waals surface area (Å²) in [4.78, 5) is 29.4. The standard InChI is InChI=1S/C25H18F7N5O2/c1-34-7-8-36(19(12-34)22(29)30)25(39)37(24(38)15-11-35(2)33-21(15)23(31)32)18-6-4-3-5-14(18)13-9-16(26)20(28)17(27)10-13/h3-12,22-23H,1-2H3. The van der Waals surface area contributed by atoms with Crippen molar-refractivity contribution in [3.63, 3.8) is 0 Å². The summed E-state index contributed by atoms with van der Waals surface area (Å²) in [7, 11) is 2.65. The first-order valence-electron chi connectivity index (χ1n) is 11.0. The number of aryl methyl sites for hydroxylation is 1. The van der Waals surface area contributed by atoms with Gasteiger partial charge in [0.25, 0.3) is 18.8 Å². The highest BCUT2D eigenvalue weighted by molar-refractivity contribution is 6.22. The molecule has 1 aliphatic rings. The molecule has 0 saturated carbocycles. The molecule has 0 aliphatic carbocycles. The Morgan fingerprint density at radius 1 is 0.923 bits per heavy atom. The summed E-state index contributed by atoms with van der Waals surface area (Å²) in [6, 6.07) is 4.79. The fraction of sp³-hybridized carbons (Fsp3) is 0.160. The van der Waals surface area contributed by atoms with Gasteiger partial charge in [-0.15, -0.1) is 0 Å². The van der Waals surface area contributed by atoms with Crippen LogP contribution < -0.4 is 4.90 Å². The molecule has 204 valence electrons. The Kier molecular flexibility index (Phi) is 7.47. The summed E-state index contributed by atoms with van der Waals surface area (Å²) in [5, 5.41) is 3.55. The number of hydrogen-bond acceptors (Lipinski definition) is 4. The van der Waals surface area contributed by atoms with Gasteiger partial charge in [-0.05, 0) is 23.8 Å². The van der Waals surface area contributed by atoms with Gasteiger partial charge in [0.05, 0.1) is 11.3 Å². The highest BCUT2D eigenvalue weighted by Crippen LogP contribution is 2.36. The number of para-hydroxylation sites is 1. The molecule has 2 aromatic carbocycles. The molecule has 7 nitrogen and oxygen atoms in total. The molecule has 0 N–H and O–H groups in total. The topological polar surface area (TPSA) is 61.7 Å². The monoisotopic (exact) mass is 553 g/mol. The molecular formula is C25H18F7N5O2. The Morgan fingerprint density at radius 3 is 2.18 bits per heavy atom. The number of allylic oxidation sites excluding steroid dienone is 1. The lowest BCUT2D eigenvalue weighted by Crippen LogP contribution is -2.46. The SMILES string of the molecule is CN1C=CN(C(=O)N(C(=O)c2cn(C)nc2C(F)F)c2ccccc2-c2cc(F)c(F)c(F)c2)C(C(F)F)=C1. The smallest absolute Gasteiger partial charge is 0.340 e. The average Bonchev–Trinajstić information content (AvgIpc) is 3.29. The summed E-state index contributed by atoms with van der Waals surface area (Å²) < 4.78 is 97.9. The maximum Gasteiger partial charge on any atom is 0.340 e. The first-order valence-corrected chi connectivity index (χ1v) is 11.0. The number of urea groups is 1. The van der Waals surface area contributed by atoms with Crippen LogP contribution >= 0.6 is 0 Å². The number of amides is 3. The van der Waals surface area contributed by atoms with Crippen molar-refractivity contribution >= 4 is 17.6 Å². The van der Waals surface area contributed by atoms with Gasteiger partial charge in [0.15, 0.2) is 17.5 Å². The molecule has 2 heterocycles. The van der Waals surface area contributed by atoms with Gasteiger partial charge in [0.2, 0.25) is 0 Å². The van der Waals surface area contributed by atoms with E-state index in [0.29, 0.717) is 21.9 Å². The Labute approximate surface area is 216 Å². The molecule has 0 radical (unpaired) electrons. The van der Waals surface area contributed by atoms with Crippen LogP contribution in [-0.4, -0.2) is 45.0 Å². The lowest BCUT2D eigenvalue weighted by atomic mass is 10.0. The zero-order chi connectivity index (χ0) is 28.6. The molecule has 0 fully saturated rings. The van der Waals surface area contributed by atoms with Gasteiger partial charge >= 0.3 is 6.03 Å². The number of halogens is 7. The molecule has 0 unspecified atom stereocenters. The molecule has 0 bridgehead atoms. The average molecular weight is 553 g/mol. The zero-order valence-electron chi connectivity index (χ0n) is 20.1. The highest BCUT2D eigenvalue weighted by atomic mass is 19.3. The molecule has 3 aromatic rings. The van der Waals surface area contributed by atoms with Crippen LogP contribution in [0.2, 0.25) is 0 Å². The normalized spacial score (nSPS) is 13.4. The van der Waals surface area contributed by atoms with Crippen molar-refractivity contribution in [3.05, 3.63) is 95.6 Å². The van der Waals surface area contributed by atoms with E-state index < -0.39 is 64.9 Å². The molecule has 14 heteroatoms. The van der Waals surface area contributed by atoms with E-state index in [0.717, 1.165) is 29.3 Å². The van der Waals surface area contributed by atoms with Gasteiger partial charge in [-0.25, -0.2) is 40.4 Å². The van der Waals surface area contributed by atoms with Crippen LogP contribution in [0.4, 0.5) is 41.2 Å². The lowest BCUT2D eigenvalue weighted by molar-refractivity contribution is 0.0969. The Bertz CT molecular complexity index is 1480. The number of hydrogen-bond donors (Lipinski definition) is 0. The first-order chi connectivity index (χ1) is 18.4. The minimum Gasteiger partial charge on any atom is -0.354 e.